The maximum absolute atomic E-state index is 13.0. The summed E-state index contributed by atoms with van der Waals surface area (Å²) in [7, 11) is -2.74. The van der Waals surface area contributed by atoms with Crippen molar-refractivity contribution >= 4 is 24.6 Å². The summed E-state index contributed by atoms with van der Waals surface area (Å²) in [6, 6.07) is 17.2. The second-order valence-corrected chi connectivity index (χ2v) is 20.1. The first-order valence-corrected chi connectivity index (χ1v) is 19.4. The van der Waals surface area contributed by atoms with Gasteiger partial charge in [0.25, 0.3) is 0 Å². The lowest BCUT2D eigenvalue weighted by Crippen LogP contribution is -2.44. The highest BCUT2D eigenvalue weighted by molar-refractivity contribution is 7.87. The van der Waals surface area contributed by atoms with Crippen LogP contribution in [-0.2, 0) is 21.2 Å². The van der Waals surface area contributed by atoms with Gasteiger partial charge in [-0.25, -0.2) is 13.8 Å². The van der Waals surface area contributed by atoms with Gasteiger partial charge in [0.1, 0.15) is 0 Å². The Kier molecular flexibility index (Phi) is 10.4. The summed E-state index contributed by atoms with van der Waals surface area (Å²) in [5, 5.41) is 10.4. The molecule has 0 aliphatic carbocycles. The topological polar surface area (TPSA) is 108 Å². The van der Waals surface area contributed by atoms with Gasteiger partial charge in [0, 0.05) is 70.7 Å². The summed E-state index contributed by atoms with van der Waals surface area (Å²) >= 11 is 0. The van der Waals surface area contributed by atoms with Crippen LogP contribution in [0.3, 0.4) is 0 Å². The number of amides is 1. The fraction of sp³-hybridized carbons (Fsp3) is 0.500. The number of imidazole rings is 1. The summed E-state index contributed by atoms with van der Waals surface area (Å²) in [6.45, 7) is 14.1. The minimum Gasteiger partial charge on any atom is -0.465 e. The number of nitrogens with zero attached hydrogens (tertiary/aromatic N) is 5. The molecule has 1 aliphatic heterocycles. The zero-order chi connectivity index (χ0) is 32.3. The third-order valence-corrected chi connectivity index (χ3v) is 15.1. The molecule has 0 spiro atoms. The van der Waals surface area contributed by atoms with Gasteiger partial charge in [0.15, 0.2) is 14.1 Å². The molecule has 44 heavy (non-hydrogen) atoms. The Labute approximate surface area is 263 Å². The van der Waals surface area contributed by atoms with E-state index in [0.29, 0.717) is 17.9 Å². The van der Waals surface area contributed by atoms with Crippen molar-refractivity contribution < 1.29 is 22.7 Å². The normalized spacial score (nSPS) is 17.2. The number of rotatable bonds is 12. The van der Waals surface area contributed by atoms with E-state index in [0.717, 1.165) is 34.9 Å². The molecule has 1 aromatic heterocycles. The number of carbonyl (C=O) groups is 1. The van der Waals surface area contributed by atoms with Crippen LogP contribution >= 0.6 is 0 Å². The number of aromatic nitrogens is 2. The van der Waals surface area contributed by atoms with Crippen LogP contribution in [0.2, 0.25) is 18.1 Å². The first kappa shape index (κ1) is 33.9. The van der Waals surface area contributed by atoms with Crippen molar-refractivity contribution in [2.24, 2.45) is 0 Å². The molecule has 3 aromatic rings. The number of hydrogen-bond donors (Lipinski definition) is 1. The quantitative estimate of drug-likeness (QED) is 0.258. The summed E-state index contributed by atoms with van der Waals surface area (Å²) < 4.78 is 35.0. The van der Waals surface area contributed by atoms with Gasteiger partial charge in [0.2, 0.25) is 0 Å². The van der Waals surface area contributed by atoms with Crippen molar-refractivity contribution in [1.82, 2.24) is 23.1 Å². The van der Waals surface area contributed by atoms with E-state index >= 15 is 0 Å². The summed E-state index contributed by atoms with van der Waals surface area (Å²) in [4.78, 5) is 20.7. The third-order valence-electron chi connectivity index (χ3n) is 8.84. The maximum Gasteiger partial charge on any atom is 0.407 e. The summed E-state index contributed by atoms with van der Waals surface area (Å²) in [6.07, 6.45) is 3.01. The first-order valence-electron chi connectivity index (χ1n) is 15.1. The fourth-order valence-electron chi connectivity index (χ4n) is 5.30. The Morgan fingerprint density at radius 2 is 1.84 bits per heavy atom. The molecule has 4 rings (SSSR count). The minimum atomic E-state index is -3.78. The van der Waals surface area contributed by atoms with Crippen molar-refractivity contribution in [3.63, 3.8) is 0 Å². The lowest BCUT2D eigenvalue weighted by atomic mass is 9.95. The van der Waals surface area contributed by atoms with Gasteiger partial charge >= 0.3 is 16.3 Å². The molecule has 1 fully saturated rings. The van der Waals surface area contributed by atoms with Crippen LogP contribution in [0.1, 0.15) is 44.2 Å². The van der Waals surface area contributed by atoms with Crippen molar-refractivity contribution in [1.29, 1.82) is 0 Å². The first-order chi connectivity index (χ1) is 20.6. The van der Waals surface area contributed by atoms with Gasteiger partial charge < -0.3 is 19.3 Å². The standard InChI is InChI=1S/C32H47N5O5SSi/c1-32(2,3)44(6,7)42-29-16-18-35(24-29)22-28(23-36(31(38)39)21-25-12-9-8-10-13-25)26-14-11-15-27(20-26)30-33-17-19-37(30)43(40,41)34(4)5/h8-15,17,19-20,28-29H,16,18,21-24H2,1-7H3,(H,38,39)/t28-,29?/m0/s1. The molecule has 0 radical (unpaired) electrons. The third kappa shape index (κ3) is 7.97. The molecule has 1 N–H and O–H groups in total. The highest BCUT2D eigenvalue weighted by atomic mass is 32.2. The second kappa shape index (κ2) is 13.5. The largest absolute Gasteiger partial charge is 0.465 e. The van der Waals surface area contributed by atoms with E-state index in [9.17, 15) is 18.3 Å². The Balaban J connectivity index is 1.64. The van der Waals surface area contributed by atoms with Gasteiger partial charge in [-0.3, -0.25) is 0 Å². The average Bonchev–Trinajstić information content (AvgIpc) is 3.62. The number of carboxylic acid groups (broad SMARTS) is 1. The lowest BCUT2D eigenvalue weighted by molar-refractivity contribution is 0.133. The van der Waals surface area contributed by atoms with E-state index in [-0.39, 0.29) is 30.1 Å². The minimum absolute atomic E-state index is 0.120. The number of likely N-dealkylation sites (tertiary alicyclic amines) is 1. The van der Waals surface area contributed by atoms with Crippen LogP contribution in [0, 0.1) is 0 Å². The van der Waals surface area contributed by atoms with Crippen LogP contribution in [0.4, 0.5) is 4.79 Å². The van der Waals surface area contributed by atoms with E-state index in [1.807, 2.05) is 54.6 Å². The van der Waals surface area contributed by atoms with E-state index in [1.165, 1.54) is 35.4 Å². The molecule has 0 bridgehead atoms. The van der Waals surface area contributed by atoms with Gasteiger partial charge in [-0.15, -0.1) is 0 Å². The van der Waals surface area contributed by atoms with Crippen LogP contribution in [0.15, 0.2) is 67.0 Å². The van der Waals surface area contributed by atoms with Crippen LogP contribution < -0.4 is 0 Å². The molecule has 0 saturated carbocycles. The average molecular weight is 642 g/mol. The Morgan fingerprint density at radius 3 is 2.48 bits per heavy atom. The Morgan fingerprint density at radius 1 is 1.14 bits per heavy atom. The smallest absolute Gasteiger partial charge is 0.407 e. The van der Waals surface area contributed by atoms with E-state index in [1.54, 1.807) is 0 Å². The zero-order valence-corrected chi connectivity index (χ0v) is 28.8. The molecule has 1 unspecified atom stereocenters. The molecular formula is C32H47N5O5SSi. The van der Waals surface area contributed by atoms with Crippen LogP contribution in [0.5, 0.6) is 0 Å². The van der Waals surface area contributed by atoms with Crippen LogP contribution in [-0.4, -0.2) is 97.4 Å². The molecule has 1 aliphatic rings. The lowest BCUT2D eigenvalue weighted by Gasteiger charge is -2.38. The molecule has 10 nitrogen and oxygen atoms in total. The van der Waals surface area contributed by atoms with Crippen molar-refractivity contribution in [2.45, 2.75) is 63.9 Å². The molecule has 2 atom stereocenters. The van der Waals surface area contributed by atoms with E-state index in [2.05, 4.69) is 43.7 Å². The van der Waals surface area contributed by atoms with E-state index < -0.39 is 24.6 Å². The van der Waals surface area contributed by atoms with Gasteiger partial charge in [-0.2, -0.15) is 12.7 Å². The predicted octanol–water partition coefficient (Wildman–Crippen LogP) is 5.56. The molecule has 2 aromatic carbocycles. The molecular weight excluding hydrogens is 595 g/mol. The zero-order valence-electron chi connectivity index (χ0n) is 27.0. The van der Waals surface area contributed by atoms with E-state index in [4.69, 9.17) is 4.43 Å². The summed E-state index contributed by atoms with van der Waals surface area (Å²) in [5.41, 5.74) is 2.49. The maximum atomic E-state index is 13.0. The van der Waals surface area contributed by atoms with Crippen LogP contribution in [0.25, 0.3) is 11.4 Å². The van der Waals surface area contributed by atoms with Crippen molar-refractivity contribution in [3.05, 3.63) is 78.1 Å². The molecule has 1 amide bonds. The van der Waals surface area contributed by atoms with Crippen molar-refractivity contribution in [3.8, 4) is 11.4 Å². The Hall–Kier alpha value is -3.03. The molecule has 240 valence electrons. The number of hydrogen-bond acceptors (Lipinski definition) is 6. The SMILES string of the molecule is CN(C)S(=O)(=O)n1ccnc1-c1cccc([C@@H](CN2CCC(O[Si](C)(C)C(C)(C)C)C2)CN(Cc2ccccc2)C(=O)O)c1. The fourth-order valence-corrected chi connectivity index (χ4v) is 7.61. The van der Waals surface area contributed by atoms with Gasteiger partial charge in [-0.05, 0) is 41.7 Å². The van der Waals surface area contributed by atoms with Crippen molar-refractivity contribution in [2.75, 3.05) is 40.3 Å². The molecule has 2 heterocycles. The molecule has 1 saturated heterocycles. The highest BCUT2D eigenvalue weighted by Crippen LogP contribution is 2.38. The highest BCUT2D eigenvalue weighted by Gasteiger charge is 2.40. The monoisotopic (exact) mass is 641 g/mol. The number of benzene rings is 2. The second-order valence-electron chi connectivity index (χ2n) is 13.4. The van der Waals surface area contributed by atoms with Gasteiger partial charge in [-0.1, -0.05) is 69.3 Å². The Bertz CT molecular complexity index is 1520. The predicted molar refractivity (Wildman–Crippen MR) is 176 cm³/mol. The molecule has 12 heteroatoms. The summed E-state index contributed by atoms with van der Waals surface area (Å²) in [5.74, 6) is 0.137. The van der Waals surface area contributed by atoms with Gasteiger partial charge in [0.05, 0.1) is 6.10 Å².